The SMILES string of the molecule is CN1CCN(CCCOc2ccc(C=NNC(N)=O)cc2)CC1. The summed E-state index contributed by atoms with van der Waals surface area (Å²) in [5.41, 5.74) is 7.94. The van der Waals surface area contributed by atoms with Crippen LogP contribution in [-0.4, -0.2) is 68.4 Å². The molecule has 0 saturated carbocycles. The Bertz CT molecular complexity index is 510. The molecule has 1 fully saturated rings. The average Bonchev–Trinajstić information content (AvgIpc) is 2.54. The minimum absolute atomic E-state index is 0.679. The van der Waals surface area contributed by atoms with Gasteiger partial charge < -0.3 is 20.3 Å². The van der Waals surface area contributed by atoms with Gasteiger partial charge in [-0.3, -0.25) is 0 Å². The van der Waals surface area contributed by atoms with Gasteiger partial charge >= 0.3 is 6.03 Å². The highest BCUT2D eigenvalue weighted by Crippen LogP contribution is 2.11. The molecule has 2 rings (SSSR count). The number of nitrogens with zero attached hydrogens (tertiary/aromatic N) is 3. The molecule has 1 saturated heterocycles. The number of hydrazone groups is 1. The van der Waals surface area contributed by atoms with Gasteiger partial charge in [0.25, 0.3) is 0 Å². The normalized spacial score (nSPS) is 16.6. The predicted octanol–water partition coefficient (Wildman–Crippen LogP) is 0.705. The molecule has 1 aliphatic rings. The number of hydrogen-bond acceptors (Lipinski definition) is 5. The van der Waals surface area contributed by atoms with Crippen molar-refractivity contribution in [3.63, 3.8) is 0 Å². The lowest BCUT2D eigenvalue weighted by Gasteiger charge is -2.32. The number of primary amides is 1. The first kappa shape index (κ1) is 17.2. The maximum absolute atomic E-state index is 10.5. The Hall–Kier alpha value is -2.12. The zero-order chi connectivity index (χ0) is 16.5. The van der Waals surface area contributed by atoms with E-state index in [1.54, 1.807) is 0 Å². The number of carbonyl (C=O) groups excluding carboxylic acids is 1. The second-order valence-electron chi connectivity index (χ2n) is 5.65. The van der Waals surface area contributed by atoms with Crippen molar-refractivity contribution >= 4 is 12.2 Å². The Morgan fingerprint density at radius 2 is 2.00 bits per heavy atom. The summed E-state index contributed by atoms with van der Waals surface area (Å²) in [7, 11) is 2.17. The number of nitrogens with two attached hydrogens (primary N) is 1. The van der Waals surface area contributed by atoms with Crippen LogP contribution in [-0.2, 0) is 0 Å². The van der Waals surface area contributed by atoms with Crippen molar-refractivity contribution in [2.75, 3.05) is 46.4 Å². The zero-order valence-electron chi connectivity index (χ0n) is 13.6. The smallest absolute Gasteiger partial charge is 0.332 e. The van der Waals surface area contributed by atoms with E-state index >= 15 is 0 Å². The summed E-state index contributed by atoms with van der Waals surface area (Å²) in [5, 5.41) is 3.70. The van der Waals surface area contributed by atoms with Crippen molar-refractivity contribution < 1.29 is 9.53 Å². The van der Waals surface area contributed by atoms with Gasteiger partial charge in [-0.05, 0) is 43.3 Å². The van der Waals surface area contributed by atoms with E-state index in [-0.39, 0.29) is 0 Å². The standard InChI is InChI=1S/C16H25N5O2/c1-20-8-10-21(11-9-20)7-2-12-23-15-5-3-14(4-6-15)13-18-19-16(17)22/h3-6,13H,2,7-12H2,1H3,(H3,17,19,22). The van der Waals surface area contributed by atoms with Crippen molar-refractivity contribution in [3.05, 3.63) is 29.8 Å². The summed E-state index contributed by atoms with van der Waals surface area (Å²) in [5.74, 6) is 0.836. The zero-order valence-corrected chi connectivity index (χ0v) is 13.6. The van der Waals surface area contributed by atoms with Crippen molar-refractivity contribution in [2.45, 2.75) is 6.42 Å². The number of amides is 2. The molecular weight excluding hydrogens is 294 g/mol. The van der Waals surface area contributed by atoms with Crippen LogP contribution in [0.3, 0.4) is 0 Å². The maximum Gasteiger partial charge on any atom is 0.332 e. The number of piperazine rings is 1. The Morgan fingerprint density at radius 3 is 2.65 bits per heavy atom. The first-order valence-electron chi connectivity index (χ1n) is 7.86. The summed E-state index contributed by atoms with van der Waals surface area (Å²) in [4.78, 5) is 15.3. The van der Waals surface area contributed by atoms with Crippen LogP contribution in [0.4, 0.5) is 4.79 Å². The second-order valence-corrected chi connectivity index (χ2v) is 5.65. The number of urea groups is 1. The first-order valence-corrected chi connectivity index (χ1v) is 7.86. The van der Waals surface area contributed by atoms with E-state index in [0.717, 1.165) is 50.5 Å². The van der Waals surface area contributed by atoms with Gasteiger partial charge in [-0.25, -0.2) is 10.2 Å². The summed E-state index contributed by atoms with van der Waals surface area (Å²) < 4.78 is 5.74. The van der Waals surface area contributed by atoms with Gasteiger partial charge in [-0.1, -0.05) is 0 Å². The lowest BCUT2D eigenvalue weighted by atomic mass is 10.2. The Kier molecular flexibility index (Phi) is 6.83. The topological polar surface area (TPSA) is 83.2 Å². The molecule has 7 heteroatoms. The largest absolute Gasteiger partial charge is 0.494 e. The molecular formula is C16H25N5O2. The van der Waals surface area contributed by atoms with Crippen molar-refractivity contribution in [1.82, 2.24) is 15.2 Å². The first-order chi connectivity index (χ1) is 11.1. The molecule has 0 aromatic heterocycles. The van der Waals surface area contributed by atoms with Crippen LogP contribution in [0.2, 0.25) is 0 Å². The van der Waals surface area contributed by atoms with E-state index in [1.165, 1.54) is 6.21 Å². The van der Waals surface area contributed by atoms with Gasteiger partial charge in [0.2, 0.25) is 0 Å². The predicted molar refractivity (Wildman–Crippen MR) is 90.8 cm³/mol. The lowest BCUT2D eigenvalue weighted by molar-refractivity contribution is 0.145. The van der Waals surface area contributed by atoms with Crippen LogP contribution >= 0.6 is 0 Å². The van der Waals surface area contributed by atoms with E-state index in [2.05, 4.69) is 27.4 Å². The molecule has 0 spiro atoms. The molecule has 2 amide bonds. The molecule has 1 aromatic rings. The number of nitrogens with one attached hydrogen (secondary N) is 1. The molecule has 126 valence electrons. The van der Waals surface area contributed by atoms with Gasteiger partial charge in [0.05, 0.1) is 12.8 Å². The molecule has 3 N–H and O–H groups in total. The highest BCUT2D eigenvalue weighted by molar-refractivity contribution is 5.81. The van der Waals surface area contributed by atoms with Gasteiger partial charge in [0.15, 0.2) is 0 Å². The Morgan fingerprint density at radius 1 is 1.30 bits per heavy atom. The van der Waals surface area contributed by atoms with E-state index in [0.29, 0.717) is 6.61 Å². The van der Waals surface area contributed by atoms with Gasteiger partial charge in [0, 0.05) is 32.7 Å². The highest BCUT2D eigenvalue weighted by atomic mass is 16.5. The van der Waals surface area contributed by atoms with Crippen molar-refractivity contribution in [1.29, 1.82) is 0 Å². The van der Waals surface area contributed by atoms with Crippen molar-refractivity contribution in [2.24, 2.45) is 10.8 Å². The molecule has 0 atom stereocenters. The van der Waals surface area contributed by atoms with E-state index in [1.807, 2.05) is 24.3 Å². The van der Waals surface area contributed by atoms with Crippen LogP contribution in [0.5, 0.6) is 5.75 Å². The third kappa shape index (κ3) is 6.66. The minimum Gasteiger partial charge on any atom is -0.494 e. The number of ether oxygens (including phenoxy) is 1. The molecule has 0 radical (unpaired) electrons. The maximum atomic E-state index is 10.5. The highest BCUT2D eigenvalue weighted by Gasteiger charge is 2.12. The third-order valence-electron chi connectivity index (χ3n) is 3.75. The van der Waals surface area contributed by atoms with E-state index in [9.17, 15) is 4.79 Å². The lowest BCUT2D eigenvalue weighted by Crippen LogP contribution is -2.44. The monoisotopic (exact) mass is 319 g/mol. The summed E-state index contributed by atoms with van der Waals surface area (Å²) >= 11 is 0. The number of benzene rings is 1. The molecule has 0 unspecified atom stereocenters. The van der Waals surface area contributed by atoms with E-state index in [4.69, 9.17) is 10.5 Å². The molecule has 7 nitrogen and oxygen atoms in total. The van der Waals surface area contributed by atoms with Gasteiger partial charge in [0.1, 0.15) is 5.75 Å². The van der Waals surface area contributed by atoms with Gasteiger partial charge in [-0.15, -0.1) is 0 Å². The fourth-order valence-electron chi connectivity index (χ4n) is 2.37. The summed E-state index contributed by atoms with van der Waals surface area (Å²) in [6.45, 7) is 6.37. The third-order valence-corrected chi connectivity index (χ3v) is 3.75. The number of carbonyl (C=O) groups is 1. The minimum atomic E-state index is -0.679. The van der Waals surface area contributed by atoms with Crippen LogP contribution < -0.4 is 15.9 Å². The number of rotatable bonds is 7. The molecule has 0 aliphatic carbocycles. The van der Waals surface area contributed by atoms with Crippen LogP contribution in [0.1, 0.15) is 12.0 Å². The Balaban J connectivity index is 1.64. The fraction of sp³-hybridized carbons (Fsp3) is 0.500. The fourth-order valence-corrected chi connectivity index (χ4v) is 2.37. The number of hydrogen-bond donors (Lipinski definition) is 2. The van der Waals surface area contributed by atoms with Gasteiger partial charge in [-0.2, -0.15) is 5.10 Å². The quantitative estimate of drug-likeness (QED) is 0.440. The molecule has 23 heavy (non-hydrogen) atoms. The summed E-state index contributed by atoms with van der Waals surface area (Å²) in [6, 6.07) is 6.86. The molecule has 1 heterocycles. The molecule has 0 bridgehead atoms. The number of likely N-dealkylation sites (N-methyl/N-ethyl adjacent to an activating group) is 1. The Labute approximate surface area is 137 Å². The van der Waals surface area contributed by atoms with Crippen LogP contribution in [0, 0.1) is 0 Å². The molecule has 1 aliphatic heterocycles. The summed E-state index contributed by atoms with van der Waals surface area (Å²) in [6.07, 6.45) is 2.55. The van der Waals surface area contributed by atoms with Crippen molar-refractivity contribution in [3.8, 4) is 5.75 Å². The average molecular weight is 319 g/mol. The second kappa shape index (κ2) is 9.12. The van der Waals surface area contributed by atoms with Crippen LogP contribution in [0.15, 0.2) is 29.4 Å². The van der Waals surface area contributed by atoms with Crippen LogP contribution in [0.25, 0.3) is 0 Å². The molecule has 1 aromatic carbocycles. The van der Waals surface area contributed by atoms with E-state index < -0.39 is 6.03 Å².